The van der Waals surface area contributed by atoms with E-state index in [1.165, 1.54) is 22.9 Å². The van der Waals surface area contributed by atoms with Gasteiger partial charge in [-0.25, -0.2) is 0 Å². The van der Waals surface area contributed by atoms with Gasteiger partial charge in [0.25, 0.3) is 5.91 Å². The fourth-order valence-corrected chi connectivity index (χ4v) is 4.29. The fraction of sp³-hybridized carbons (Fsp3) is 0.261. The van der Waals surface area contributed by atoms with Gasteiger partial charge in [0.05, 0.1) is 4.91 Å². The number of hydrogen-bond donors (Lipinski definition) is 1. The van der Waals surface area contributed by atoms with Gasteiger partial charge in [-0.2, -0.15) is 0 Å². The molecule has 2 aromatic rings. The molecule has 0 saturated carbocycles. The van der Waals surface area contributed by atoms with Gasteiger partial charge < -0.3 is 5.32 Å². The lowest BCUT2D eigenvalue weighted by Crippen LogP contribution is -2.31. The Morgan fingerprint density at radius 1 is 1.14 bits per heavy atom. The van der Waals surface area contributed by atoms with Crippen LogP contribution in [0.2, 0.25) is 0 Å². The lowest BCUT2D eigenvalue weighted by molar-refractivity contribution is -0.123. The highest BCUT2D eigenvalue weighted by molar-refractivity contribution is 8.26. The Morgan fingerprint density at radius 2 is 1.86 bits per heavy atom. The summed E-state index contributed by atoms with van der Waals surface area (Å²) < 4.78 is 0.554. The smallest absolute Gasteiger partial charge is 0.266 e. The van der Waals surface area contributed by atoms with E-state index in [1.54, 1.807) is 4.90 Å². The number of carbonyl (C=O) groups excluding carboxylic acids is 2. The van der Waals surface area contributed by atoms with Crippen molar-refractivity contribution in [1.29, 1.82) is 0 Å². The highest BCUT2D eigenvalue weighted by atomic mass is 32.2. The summed E-state index contributed by atoms with van der Waals surface area (Å²) in [5.41, 5.74) is 3.36. The number of amides is 2. The molecule has 4 nitrogen and oxygen atoms in total. The maximum absolute atomic E-state index is 12.6. The molecule has 1 heterocycles. The standard InChI is InChI=1S/C23H24N2O2S2/c1-17-9-11-19(12-10-17)16-20-22(27)25(23(28)29-20)15-5-8-21(26)24-14-13-18-6-3-2-4-7-18/h2-4,6-7,9-12,16H,5,8,13-15H2,1H3,(H,24,26). The van der Waals surface area contributed by atoms with Crippen LogP contribution in [-0.2, 0) is 16.0 Å². The maximum atomic E-state index is 12.6. The Bertz CT molecular complexity index is 908. The van der Waals surface area contributed by atoms with Crippen LogP contribution >= 0.6 is 24.0 Å². The molecule has 0 spiro atoms. The number of hydrogen-bond acceptors (Lipinski definition) is 4. The monoisotopic (exact) mass is 424 g/mol. The highest BCUT2D eigenvalue weighted by Gasteiger charge is 2.31. The lowest BCUT2D eigenvalue weighted by atomic mass is 10.1. The molecule has 0 atom stereocenters. The fourth-order valence-electron chi connectivity index (χ4n) is 2.98. The molecular formula is C23H24N2O2S2. The third-order valence-electron chi connectivity index (χ3n) is 4.61. The van der Waals surface area contributed by atoms with Crippen molar-refractivity contribution in [1.82, 2.24) is 10.2 Å². The summed E-state index contributed by atoms with van der Waals surface area (Å²) in [4.78, 5) is 26.9. The lowest BCUT2D eigenvalue weighted by Gasteiger charge is -2.14. The van der Waals surface area contributed by atoms with Crippen LogP contribution in [-0.4, -0.2) is 34.1 Å². The summed E-state index contributed by atoms with van der Waals surface area (Å²) in [6.45, 7) is 3.10. The van der Waals surface area contributed by atoms with Gasteiger partial charge in [-0.3, -0.25) is 14.5 Å². The maximum Gasteiger partial charge on any atom is 0.266 e. The second-order valence-electron chi connectivity index (χ2n) is 6.93. The average Bonchev–Trinajstić information content (AvgIpc) is 2.98. The zero-order valence-corrected chi connectivity index (χ0v) is 18.0. The normalized spacial score (nSPS) is 15.2. The van der Waals surface area contributed by atoms with E-state index in [2.05, 4.69) is 5.32 Å². The van der Waals surface area contributed by atoms with E-state index < -0.39 is 0 Å². The van der Waals surface area contributed by atoms with Crippen LogP contribution in [0.3, 0.4) is 0 Å². The Kier molecular flexibility index (Phi) is 7.61. The Morgan fingerprint density at radius 3 is 2.59 bits per heavy atom. The zero-order valence-electron chi connectivity index (χ0n) is 16.4. The number of aryl methyl sites for hydroxylation is 1. The zero-order chi connectivity index (χ0) is 20.6. The molecule has 6 heteroatoms. The van der Waals surface area contributed by atoms with Crippen LogP contribution in [0.25, 0.3) is 6.08 Å². The van der Waals surface area contributed by atoms with Gasteiger partial charge in [-0.15, -0.1) is 0 Å². The van der Waals surface area contributed by atoms with E-state index in [-0.39, 0.29) is 11.8 Å². The van der Waals surface area contributed by atoms with Crippen molar-refractivity contribution in [2.75, 3.05) is 13.1 Å². The van der Waals surface area contributed by atoms with Crippen molar-refractivity contribution in [3.05, 3.63) is 76.2 Å². The first kappa shape index (κ1) is 21.3. The van der Waals surface area contributed by atoms with E-state index in [4.69, 9.17) is 12.2 Å². The van der Waals surface area contributed by atoms with E-state index in [0.717, 1.165) is 12.0 Å². The van der Waals surface area contributed by atoms with E-state index >= 15 is 0 Å². The highest BCUT2D eigenvalue weighted by Crippen LogP contribution is 2.32. The molecule has 29 heavy (non-hydrogen) atoms. The predicted molar refractivity (Wildman–Crippen MR) is 123 cm³/mol. The minimum absolute atomic E-state index is 0.00145. The van der Waals surface area contributed by atoms with Gasteiger partial charge in [-0.05, 0) is 37.0 Å². The van der Waals surface area contributed by atoms with E-state index in [9.17, 15) is 9.59 Å². The molecule has 0 aromatic heterocycles. The summed E-state index contributed by atoms with van der Waals surface area (Å²) in [6, 6.07) is 18.1. The second kappa shape index (κ2) is 10.4. The first-order valence-electron chi connectivity index (χ1n) is 9.65. The minimum Gasteiger partial charge on any atom is -0.356 e. The Balaban J connectivity index is 1.43. The van der Waals surface area contributed by atoms with Crippen LogP contribution in [0.5, 0.6) is 0 Å². The molecule has 1 aliphatic heterocycles. The van der Waals surface area contributed by atoms with Crippen molar-refractivity contribution < 1.29 is 9.59 Å². The van der Waals surface area contributed by atoms with Crippen molar-refractivity contribution in [3.8, 4) is 0 Å². The minimum atomic E-state index is -0.0786. The number of carbonyl (C=O) groups is 2. The van der Waals surface area contributed by atoms with Crippen LogP contribution in [0.15, 0.2) is 59.5 Å². The van der Waals surface area contributed by atoms with Crippen LogP contribution in [0, 0.1) is 6.92 Å². The number of thioether (sulfide) groups is 1. The van der Waals surface area contributed by atoms with Gasteiger partial charge in [0.1, 0.15) is 4.32 Å². The number of rotatable bonds is 8. The molecular weight excluding hydrogens is 400 g/mol. The number of thiocarbonyl (C=S) groups is 1. The Hall–Kier alpha value is -2.44. The Labute approximate surface area is 181 Å². The predicted octanol–water partition coefficient (Wildman–Crippen LogP) is 4.34. The molecule has 0 bridgehead atoms. The molecule has 0 aliphatic carbocycles. The van der Waals surface area contributed by atoms with Gasteiger partial charge in [0, 0.05) is 19.5 Å². The molecule has 1 aliphatic rings. The van der Waals surface area contributed by atoms with Crippen molar-refractivity contribution in [2.45, 2.75) is 26.2 Å². The van der Waals surface area contributed by atoms with E-state index in [1.807, 2.05) is 67.6 Å². The van der Waals surface area contributed by atoms with Crippen LogP contribution in [0.1, 0.15) is 29.5 Å². The SMILES string of the molecule is Cc1ccc(C=C2SC(=S)N(CCCC(=O)NCCc3ccccc3)C2=O)cc1. The third kappa shape index (κ3) is 6.27. The van der Waals surface area contributed by atoms with Crippen molar-refractivity contribution in [3.63, 3.8) is 0 Å². The number of benzene rings is 2. The van der Waals surface area contributed by atoms with Crippen molar-refractivity contribution in [2.24, 2.45) is 0 Å². The summed E-state index contributed by atoms with van der Waals surface area (Å²) >= 11 is 6.68. The summed E-state index contributed by atoms with van der Waals surface area (Å²) in [7, 11) is 0. The van der Waals surface area contributed by atoms with Crippen LogP contribution in [0.4, 0.5) is 0 Å². The molecule has 3 rings (SSSR count). The first-order valence-corrected chi connectivity index (χ1v) is 10.9. The second-order valence-corrected chi connectivity index (χ2v) is 8.61. The first-order chi connectivity index (χ1) is 14.0. The summed E-state index contributed by atoms with van der Waals surface area (Å²) in [6.07, 6.45) is 3.64. The quantitative estimate of drug-likeness (QED) is 0.506. The molecule has 1 N–H and O–H groups in total. The topological polar surface area (TPSA) is 49.4 Å². The van der Waals surface area contributed by atoms with E-state index in [0.29, 0.717) is 35.2 Å². The van der Waals surface area contributed by atoms with Gasteiger partial charge in [0.15, 0.2) is 0 Å². The summed E-state index contributed by atoms with van der Waals surface area (Å²) in [5, 5.41) is 2.93. The molecule has 150 valence electrons. The van der Waals surface area contributed by atoms with Gasteiger partial charge in [0.2, 0.25) is 5.91 Å². The number of nitrogens with zero attached hydrogens (tertiary/aromatic N) is 1. The molecule has 0 radical (unpaired) electrons. The van der Waals surface area contributed by atoms with Crippen molar-refractivity contribution >= 4 is 46.2 Å². The third-order valence-corrected chi connectivity index (χ3v) is 5.99. The van der Waals surface area contributed by atoms with Gasteiger partial charge >= 0.3 is 0 Å². The largest absolute Gasteiger partial charge is 0.356 e. The number of nitrogens with one attached hydrogen (secondary N) is 1. The molecule has 0 unspecified atom stereocenters. The molecule has 2 aromatic carbocycles. The van der Waals surface area contributed by atoms with Gasteiger partial charge in [-0.1, -0.05) is 84.1 Å². The molecule has 2 amide bonds. The van der Waals surface area contributed by atoms with Crippen LogP contribution < -0.4 is 5.32 Å². The molecule has 1 saturated heterocycles. The molecule has 1 fully saturated rings. The summed E-state index contributed by atoms with van der Waals surface area (Å²) in [5.74, 6) is -0.0772. The average molecular weight is 425 g/mol.